The van der Waals surface area contributed by atoms with E-state index in [-0.39, 0.29) is 6.42 Å². The fraction of sp³-hybridized carbons (Fsp3) is 0.438. The molecular formula is C16H21NO3. The third kappa shape index (κ3) is 4.10. The Balaban J connectivity index is 1.87. The lowest BCUT2D eigenvalue weighted by Gasteiger charge is -2.18. The third-order valence-electron chi connectivity index (χ3n) is 3.42. The molecule has 0 spiro atoms. The number of hydrogen-bond acceptors (Lipinski definition) is 3. The number of unbranched alkanes of at least 4 members (excludes halogenated alkanes) is 1. The number of carboxylic acid groups (broad SMARTS) is 1. The van der Waals surface area contributed by atoms with Gasteiger partial charge in [-0.1, -0.05) is 25.1 Å². The van der Waals surface area contributed by atoms with Gasteiger partial charge in [0.05, 0.1) is 6.54 Å². The second-order valence-electron chi connectivity index (χ2n) is 4.97. The number of furan rings is 1. The van der Waals surface area contributed by atoms with E-state index in [2.05, 4.69) is 17.9 Å². The van der Waals surface area contributed by atoms with Gasteiger partial charge in [0, 0.05) is 11.8 Å². The SMILES string of the molecule is CCN(CCCCC(=O)O)Cc1cc2ccccc2o1. The molecule has 4 heteroatoms. The van der Waals surface area contributed by atoms with Crippen LogP contribution in [0, 0.1) is 0 Å². The van der Waals surface area contributed by atoms with Crippen molar-refractivity contribution in [2.75, 3.05) is 13.1 Å². The normalized spacial score (nSPS) is 11.3. The van der Waals surface area contributed by atoms with Crippen LogP contribution in [0.25, 0.3) is 11.0 Å². The minimum Gasteiger partial charge on any atom is -0.481 e. The Kier molecular flexibility index (Phi) is 5.18. The van der Waals surface area contributed by atoms with Crippen molar-refractivity contribution in [2.24, 2.45) is 0 Å². The van der Waals surface area contributed by atoms with Crippen molar-refractivity contribution in [3.8, 4) is 0 Å². The van der Waals surface area contributed by atoms with E-state index in [1.54, 1.807) is 0 Å². The summed E-state index contributed by atoms with van der Waals surface area (Å²) in [6.07, 6.45) is 1.88. The lowest BCUT2D eigenvalue weighted by Crippen LogP contribution is -2.23. The molecule has 1 N–H and O–H groups in total. The van der Waals surface area contributed by atoms with E-state index in [9.17, 15) is 4.79 Å². The monoisotopic (exact) mass is 275 g/mol. The number of nitrogens with zero attached hydrogens (tertiary/aromatic N) is 1. The van der Waals surface area contributed by atoms with E-state index in [0.29, 0.717) is 0 Å². The Bertz CT molecular complexity index is 529. The zero-order valence-electron chi connectivity index (χ0n) is 11.8. The second kappa shape index (κ2) is 7.10. The molecule has 0 fully saturated rings. The van der Waals surface area contributed by atoms with E-state index in [1.165, 1.54) is 0 Å². The van der Waals surface area contributed by atoms with Crippen molar-refractivity contribution in [1.82, 2.24) is 4.90 Å². The smallest absolute Gasteiger partial charge is 0.303 e. The van der Waals surface area contributed by atoms with Gasteiger partial charge in [0.2, 0.25) is 0 Å². The molecule has 4 nitrogen and oxygen atoms in total. The summed E-state index contributed by atoms with van der Waals surface area (Å²) in [5.74, 6) is 0.247. The van der Waals surface area contributed by atoms with Crippen LogP contribution in [0.2, 0.25) is 0 Å². The Morgan fingerprint density at radius 3 is 2.80 bits per heavy atom. The molecule has 0 amide bonds. The number of fused-ring (bicyclic) bond motifs is 1. The van der Waals surface area contributed by atoms with Crippen LogP contribution in [0.1, 0.15) is 31.9 Å². The quantitative estimate of drug-likeness (QED) is 0.749. The van der Waals surface area contributed by atoms with Gasteiger partial charge < -0.3 is 9.52 Å². The zero-order chi connectivity index (χ0) is 14.4. The largest absolute Gasteiger partial charge is 0.481 e. The highest BCUT2D eigenvalue weighted by molar-refractivity contribution is 5.77. The maximum absolute atomic E-state index is 10.5. The van der Waals surface area contributed by atoms with Crippen molar-refractivity contribution in [1.29, 1.82) is 0 Å². The molecule has 0 atom stereocenters. The van der Waals surface area contributed by atoms with Gasteiger partial charge in [-0.05, 0) is 38.1 Å². The first kappa shape index (κ1) is 14.6. The van der Waals surface area contributed by atoms with Crippen LogP contribution in [0.4, 0.5) is 0 Å². The Morgan fingerprint density at radius 2 is 2.10 bits per heavy atom. The molecule has 1 aromatic carbocycles. The second-order valence-corrected chi connectivity index (χ2v) is 4.97. The standard InChI is InChI=1S/C16H21NO3/c1-2-17(10-6-5-9-16(18)19)12-14-11-13-7-3-4-8-15(13)20-14/h3-4,7-8,11H,2,5-6,9-10,12H2,1H3,(H,18,19). The molecule has 0 saturated carbocycles. The van der Waals surface area contributed by atoms with Gasteiger partial charge in [-0.2, -0.15) is 0 Å². The summed E-state index contributed by atoms with van der Waals surface area (Å²) >= 11 is 0. The first-order valence-electron chi connectivity index (χ1n) is 7.10. The minimum absolute atomic E-state index is 0.252. The molecule has 2 rings (SSSR count). The summed E-state index contributed by atoms with van der Waals surface area (Å²) in [5.41, 5.74) is 0.921. The number of para-hydroxylation sites is 1. The van der Waals surface area contributed by atoms with E-state index in [0.717, 1.165) is 49.2 Å². The molecule has 0 aliphatic rings. The summed E-state index contributed by atoms with van der Waals surface area (Å²) in [6, 6.07) is 10.1. The Morgan fingerprint density at radius 1 is 1.30 bits per heavy atom. The summed E-state index contributed by atoms with van der Waals surface area (Å²) in [7, 11) is 0. The van der Waals surface area contributed by atoms with Crippen molar-refractivity contribution in [3.63, 3.8) is 0 Å². The number of rotatable bonds is 8. The van der Waals surface area contributed by atoms with E-state index >= 15 is 0 Å². The minimum atomic E-state index is -0.717. The van der Waals surface area contributed by atoms with Crippen LogP contribution in [-0.4, -0.2) is 29.1 Å². The van der Waals surface area contributed by atoms with Crippen LogP contribution in [-0.2, 0) is 11.3 Å². The number of hydrogen-bond donors (Lipinski definition) is 1. The van der Waals surface area contributed by atoms with Crippen LogP contribution in [0.3, 0.4) is 0 Å². The number of carbonyl (C=O) groups is 1. The van der Waals surface area contributed by atoms with Crippen molar-refractivity contribution < 1.29 is 14.3 Å². The van der Waals surface area contributed by atoms with Gasteiger partial charge in [-0.15, -0.1) is 0 Å². The highest BCUT2D eigenvalue weighted by Crippen LogP contribution is 2.20. The fourth-order valence-corrected chi connectivity index (χ4v) is 2.30. The maximum atomic E-state index is 10.5. The number of aliphatic carboxylic acids is 1. The van der Waals surface area contributed by atoms with Gasteiger partial charge in [0.25, 0.3) is 0 Å². The van der Waals surface area contributed by atoms with Crippen molar-refractivity contribution in [2.45, 2.75) is 32.7 Å². The first-order valence-corrected chi connectivity index (χ1v) is 7.10. The van der Waals surface area contributed by atoms with E-state index in [1.807, 2.05) is 24.3 Å². The molecular weight excluding hydrogens is 254 g/mol. The lowest BCUT2D eigenvalue weighted by atomic mass is 10.2. The Labute approximate surface area is 119 Å². The summed E-state index contributed by atoms with van der Waals surface area (Å²) in [5, 5.41) is 9.75. The molecule has 2 aromatic rings. The number of carboxylic acids is 1. The average molecular weight is 275 g/mol. The van der Waals surface area contributed by atoms with Crippen LogP contribution >= 0.6 is 0 Å². The molecule has 20 heavy (non-hydrogen) atoms. The highest BCUT2D eigenvalue weighted by Gasteiger charge is 2.08. The summed E-state index contributed by atoms with van der Waals surface area (Å²) < 4.78 is 5.81. The van der Waals surface area contributed by atoms with Gasteiger partial charge >= 0.3 is 5.97 Å². The molecule has 0 bridgehead atoms. The van der Waals surface area contributed by atoms with E-state index in [4.69, 9.17) is 9.52 Å². The summed E-state index contributed by atoms with van der Waals surface area (Å²) in [6.45, 7) is 4.73. The molecule has 0 aliphatic heterocycles. The molecule has 0 saturated heterocycles. The average Bonchev–Trinajstić information content (AvgIpc) is 2.84. The fourth-order valence-electron chi connectivity index (χ4n) is 2.30. The topological polar surface area (TPSA) is 53.7 Å². The zero-order valence-corrected chi connectivity index (χ0v) is 11.8. The molecule has 1 aromatic heterocycles. The van der Waals surface area contributed by atoms with Gasteiger partial charge in [0.1, 0.15) is 11.3 Å². The van der Waals surface area contributed by atoms with Gasteiger partial charge in [0.15, 0.2) is 0 Å². The van der Waals surface area contributed by atoms with E-state index < -0.39 is 5.97 Å². The van der Waals surface area contributed by atoms with Gasteiger partial charge in [-0.3, -0.25) is 9.69 Å². The first-order chi connectivity index (χ1) is 9.69. The molecule has 1 heterocycles. The van der Waals surface area contributed by atoms with Crippen LogP contribution in [0.5, 0.6) is 0 Å². The van der Waals surface area contributed by atoms with Crippen LogP contribution < -0.4 is 0 Å². The highest BCUT2D eigenvalue weighted by atomic mass is 16.4. The lowest BCUT2D eigenvalue weighted by molar-refractivity contribution is -0.137. The summed E-state index contributed by atoms with van der Waals surface area (Å²) in [4.78, 5) is 12.8. The molecule has 0 radical (unpaired) electrons. The number of benzene rings is 1. The predicted octanol–water partition coefficient (Wildman–Crippen LogP) is 3.51. The molecule has 0 aliphatic carbocycles. The van der Waals surface area contributed by atoms with Crippen molar-refractivity contribution >= 4 is 16.9 Å². The maximum Gasteiger partial charge on any atom is 0.303 e. The van der Waals surface area contributed by atoms with Crippen LogP contribution in [0.15, 0.2) is 34.7 Å². The predicted molar refractivity (Wildman–Crippen MR) is 78.7 cm³/mol. The van der Waals surface area contributed by atoms with Crippen molar-refractivity contribution in [3.05, 3.63) is 36.1 Å². The van der Waals surface area contributed by atoms with Gasteiger partial charge in [-0.25, -0.2) is 0 Å². The Hall–Kier alpha value is -1.81. The molecule has 108 valence electrons. The third-order valence-corrected chi connectivity index (χ3v) is 3.42. The molecule has 0 unspecified atom stereocenters.